The molecule has 0 aliphatic heterocycles. The van der Waals surface area contributed by atoms with E-state index in [4.69, 9.17) is 0 Å². The summed E-state index contributed by atoms with van der Waals surface area (Å²) in [6.45, 7) is 4.07. The Kier molecular flexibility index (Phi) is 2.29. The van der Waals surface area contributed by atoms with Gasteiger partial charge in [-0.05, 0) is 47.7 Å². The molecule has 0 amide bonds. The van der Waals surface area contributed by atoms with Crippen LogP contribution in [-0.2, 0) is 12.8 Å². The van der Waals surface area contributed by atoms with Crippen LogP contribution in [0, 0.1) is 5.82 Å². The molecule has 2 heteroatoms. The van der Waals surface area contributed by atoms with Crippen LogP contribution in [0.5, 0.6) is 0 Å². The molecule has 1 aliphatic carbocycles. The fraction of sp³-hybridized carbons (Fsp3) is 0.133. The molecule has 0 N–H and O–H groups in total. The Balaban J connectivity index is 2.22. The van der Waals surface area contributed by atoms with Gasteiger partial charge in [0.05, 0.1) is 5.69 Å². The van der Waals surface area contributed by atoms with Crippen molar-refractivity contribution in [1.29, 1.82) is 0 Å². The first kappa shape index (κ1) is 10.2. The summed E-state index contributed by atoms with van der Waals surface area (Å²) >= 11 is 0. The summed E-state index contributed by atoms with van der Waals surface area (Å²) in [5, 5.41) is 0. The number of halogens is 1. The highest BCUT2D eigenvalue weighted by Gasteiger charge is 2.17. The van der Waals surface area contributed by atoms with Gasteiger partial charge in [-0.3, -0.25) is 4.98 Å². The Labute approximate surface area is 99.6 Å². The number of rotatable bonds is 0. The largest absolute Gasteiger partial charge is 0.256 e. The van der Waals surface area contributed by atoms with Crippen molar-refractivity contribution in [3.05, 3.63) is 71.3 Å². The molecule has 1 heterocycles. The molecule has 0 unspecified atom stereocenters. The zero-order valence-electron chi connectivity index (χ0n) is 9.41. The van der Waals surface area contributed by atoms with Crippen LogP contribution in [0.2, 0.25) is 0 Å². The predicted molar refractivity (Wildman–Crippen MR) is 66.2 cm³/mol. The maximum Gasteiger partial charge on any atom is 0.123 e. The van der Waals surface area contributed by atoms with Crippen LogP contribution >= 0.6 is 0 Å². The average Bonchev–Trinajstić information content (AvgIpc) is 2.49. The van der Waals surface area contributed by atoms with Crippen molar-refractivity contribution in [3.63, 3.8) is 0 Å². The Bertz CT molecular complexity index is 602. The molecule has 0 radical (unpaired) electrons. The second-order valence-corrected chi connectivity index (χ2v) is 4.29. The molecule has 17 heavy (non-hydrogen) atoms. The third kappa shape index (κ3) is 1.66. The topological polar surface area (TPSA) is 12.9 Å². The Morgan fingerprint density at radius 3 is 2.82 bits per heavy atom. The van der Waals surface area contributed by atoms with Gasteiger partial charge in [0, 0.05) is 11.8 Å². The molecule has 0 saturated carbocycles. The average molecular weight is 225 g/mol. The molecule has 0 spiro atoms. The zero-order chi connectivity index (χ0) is 11.8. The van der Waals surface area contributed by atoms with E-state index in [2.05, 4.69) is 17.6 Å². The first-order valence-electron chi connectivity index (χ1n) is 5.67. The van der Waals surface area contributed by atoms with Gasteiger partial charge in [-0.1, -0.05) is 18.7 Å². The van der Waals surface area contributed by atoms with E-state index in [0.717, 1.165) is 35.2 Å². The van der Waals surface area contributed by atoms with Crippen molar-refractivity contribution in [3.8, 4) is 0 Å². The van der Waals surface area contributed by atoms with Crippen molar-refractivity contribution in [1.82, 2.24) is 4.98 Å². The van der Waals surface area contributed by atoms with Crippen molar-refractivity contribution < 1.29 is 4.39 Å². The molecule has 0 fully saturated rings. The quantitative estimate of drug-likeness (QED) is 0.669. The Hall–Kier alpha value is -1.96. The lowest BCUT2D eigenvalue weighted by molar-refractivity contribution is 0.626. The SMILES string of the molecule is C=C1c2cc(F)ccc2CCc2cccnc21. The summed E-state index contributed by atoms with van der Waals surface area (Å²) in [4.78, 5) is 4.37. The second-order valence-electron chi connectivity index (χ2n) is 4.29. The van der Waals surface area contributed by atoms with Crippen LogP contribution in [0.4, 0.5) is 4.39 Å². The molecule has 0 bridgehead atoms. The molecule has 1 aliphatic rings. The maximum atomic E-state index is 13.3. The third-order valence-electron chi connectivity index (χ3n) is 3.24. The van der Waals surface area contributed by atoms with Gasteiger partial charge in [-0.15, -0.1) is 0 Å². The van der Waals surface area contributed by atoms with Crippen LogP contribution in [0.3, 0.4) is 0 Å². The standard InChI is InChI=1S/C15H12FN/c1-10-14-9-13(16)7-6-11(14)4-5-12-3-2-8-17-15(10)12/h2-3,6-9H,1,4-5H2. The molecule has 1 nitrogen and oxygen atoms in total. The monoisotopic (exact) mass is 225 g/mol. The van der Waals surface area contributed by atoms with Gasteiger partial charge in [0.1, 0.15) is 5.82 Å². The summed E-state index contributed by atoms with van der Waals surface area (Å²) in [6, 6.07) is 8.91. The summed E-state index contributed by atoms with van der Waals surface area (Å²) < 4.78 is 13.3. The Morgan fingerprint density at radius 2 is 1.94 bits per heavy atom. The number of hydrogen-bond donors (Lipinski definition) is 0. The number of benzene rings is 1. The number of fused-ring (bicyclic) bond motifs is 2. The Morgan fingerprint density at radius 1 is 1.12 bits per heavy atom. The van der Waals surface area contributed by atoms with E-state index in [0.29, 0.717) is 0 Å². The van der Waals surface area contributed by atoms with Crippen LogP contribution in [0.15, 0.2) is 43.1 Å². The van der Waals surface area contributed by atoms with E-state index >= 15 is 0 Å². The lowest BCUT2D eigenvalue weighted by Crippen LogP contribution is -1.94. The molecule has 1 aromatic heterocycles. The molecule has 2 aromatic rings. The predicted octanol–water partition coefficient (Wildman–Crippen LogP) is 3.38. The van der Waals surface area contributed by atoms with Gasteiger partial charge in [-0.2, -0.15) is 0 Å². The van der Waals surface area contributed by atoms with Crippen molar-refractivity contribution in [2.75, 3.05) is 0 Å². The normalized spacial score (nSPS) is 13.8. The van der Waals surface area contributed by atoms with Gasteiger partial charge < -0.3 is 0 Å². The number of aryl methyl sites for hydroxylation is 2. The molecular formula is C15H12FN. The fourth-order valence-corrected chi connectivity index (χ4v) is 2.36. The van der Waals surface area contributed by atoms with Crippen LogP contribution in [0.25, 0.3) is 5.57 Å². The minimum absolute atomic E-state index is 0.218. The zero-order valence-corrected chi connectivity index (χ0v) is 9.41. The summed E-state index contributed by atoms with van der Waals surface area (Å²) in [5.41, 5.74) is 4.95. The van der Waals surface area contributed by atoms with E-state index in [1.165, 1.54) is 11.6 Å². The fourth-order valence-electron chi connectivity index (χ4n) is 2.36. The minimum atomic E-state index is -0.218. The first-order chi connectivity index (χ1) is 8.25. The number of pyridine rings is 1. The van der Waals surface area contributed by atoms with Crippen molar-refractivity contribution in [2.24, 2.45) is 0 Å². The summed E-state index contributed by atoms with van der Waals surface area (Å²) in [5.74, 6) is -0.218. The van der Waals surface area contributed by atoms with Gasteiger partial charge >= 0.3 is 0 Å². The summed E-state index contributed by atoms with van der Waals surface area (Å²) in [6.07, 6.45) is 3.60. The van der Waals surface area contributed by atoms with Crippen LogP contribution in [-0.4, -0.2) is 4.98 Å². The molecule has 0 saturated heterocycles. The molecular weight excluding hydrogens is 213 g/mol. The van der Waals surface area contributed by atoms with Crippen LogP contribution < -0.4 is 0 Å². The van der Waals surface area contributed by atoms with Gasteiger partial charge in [0.15, 0.2) is 0 Å². The lowest BCUT2D eigenvalue weighted by Gasteiger charge is -2.08. The van der Waals surface area contributed by atoms with Gasteiger partial charge in [0.2, 0.25) is 0 Å². The lowest BCUT2D eigenvalue weighted by atomic mass is 9.99. The van der Waals surface area contributed by atoms with E-state index in [1.54, 1.807) is 12.3 Å². The number of aromatic nitrogens is 1. The van der Waals surface area contributed by atoms with Crippen molar-refractivity contribution >= 4 is 5.57 Å². The minimum Gasteiger partial charge on any atom is -0.256 e. The van der Waals surface area contributed by atoms with E-state index in [-0.39, 0.29) is 5.82 Å². The highest BCUT2D eigenvalue weighted by Crippen LogP contribution is 2.31. The van der Waals surface area contributed by atoms with E-state index in [9.17, 15) is 4.39 Å². The molecule has 84 valence electrons. The smallest absolute Gasteiger partial charge is 0.123 e. The van der Waals surface area contributed by atoms with Gasteiger partial charge in [0.25, 0.3) is 0 Å². The maximum absolute atomic E-state index is 13.3. The highest BCUT2D eigenvalue weighted by atomic mass is 19.1. The number of nitrogens with zero attached hydrogens (tertiary/aromatic N) is 1. The van der Waals surface area contributed by atoms with Crippen molar-refractivity contribution in [2.45, 2.75) is 12.8 Å². The number of hydrogen-bond acceptors (Lipinski definition) is 1. The van der Waals surface area contributed by atoms with E-state index in [1.807, 2.05) is 12.1 Å². The summed E-state index contributed by atoms with van der Waals surface area (Å²) in [7, 11) is 0. The molecule has 3 rings (SSSR count). The molecule has 1 aromatic carbocycles. The van der Waals surface area contributed by atoms with E-state index < -0.39 is 0 Å². The first-order valence-corrected chi connectivity index (χ1v) is 5.67. The second kappa shape index (κ2) is 3.81. The highest BCUT2D eigenvalue weighted by molar-refractivity contribution is 5.80. The third-order valence-corrected chi connectivity index (χ3v) is 3.24. The molecule has 0 atom stereocenters. The van der Waals surface area contributed by atoms with Gasteiger partial charge in [-0.25, -0.2) is 4.39 Å². The van der Waals surface area contributed by atoms with Crippen LogP contribution in [0.1, 0.15) is 22.4 Å².